The number of hydrogen-bond acceptors (Lipinski definition) is 2. The molecule has 1 aliphatic carbocycles. The minimum Gasteiger partial charge on any atom is -0.465 e. The first kappa shape index (κ1) is 10.7. The quantitative estimate of drug-likeness (QED) is 0.761. The Bertz CT molecular complexity index is 241. The van der Waals surface area contributed by atoms with Crippen LogP contribution in [0, 0.1) is 17.8 Å². The van der Waals surface area contributed by atoms with Crippen LogP contribution < -0.4 is 0 Å². The van der Waals surface area contributed by atoms with Crippen molar-refractivity contribution in [2.45, 2.75) is 13.8 Å². The van der Waals surface area contributed by atoms with E-state index in [1.807, 2.05) is 0 Å². The van der Waals surface area contributed by atoms with E-state index in [1.165, 1.54) is 0 Å². The SMILES string of the molecule is CCN(CC)C[C@H]1[C@H]2CN(C(=O)O)C[C@@H]12. The first-order valence-corrected chi connectivity index (χ1v) is 5.87. The molecule has 1 saturated carbocycles. The Morgan fingerprint density at radius 2 is 1.87 bits per heavy atom. The van der Waals surface area contributed by atoms with Crippen LogP contribution in [0.2, 0.25) is 0 Å². The molecule has 2 aliphatic rings. The van der Waals surface area contributed by atoms with Gasteiger partial charge < -0.3 is 14.9 Å². The lowest BCUT2D eigenvalue weighted by molar-refractivity contribution is 0.146. The number of nitrogens with zero attached hydrogens (tertiary/aromatic N) is 2. The zero-order valence-electron chi connectivity index (χ0n) is 9.52. The summed E-state index contributed by atoms with van der Waals surface area (Å²) in [5.74, 6) is 2.07. The van der Waals surface area contributed by atoms with Gasteiger partial charge in [-0.3, -0.25) is 0 Å². The highest BCUT2D eigenvalue weighted by atomic mass is 16.4. The molecule has 0 aromatic rings. The molecule has 1 heterocycles. The fraction of sp³-hybridized carbons (Fsp3) is 0.909. The third kappa shape index (κ3) is 1.95. The molecular formula is C11H20N2O2. The Morgan fingerprint density at radius 1 is 1.33 bits per heavy atom. The first-order chi connectivity index (χ1) is 7.17. The van der Waals surface area contributed by atoms with Crippen LogP contribution in [-0.2, 0) is 0 Å². The average Bonchev–Trinajstić information content (AvgIpc) is 2.68. The van der Waals surface area contributed by atoms with Crippen molar-refractivity contribution in [1.82, 2.24) is 9.80 Å². The van der Waals surface area contributed by atoms with Crippen molar-refractivity contribution in [2.24, 2.45) is 17.8 Å². The fourth-order valence-electron chi connectivity index (χ4n) is 2.86. The Hall–Kier alpha value is -0.770. The summed E-state index contributed by atoms with van der Waals surface area (Å²) in [4.78, 5) is 14.7. The third-order valence-corrected chi connectivity index (χ3v) is 4.01. The van der Waals surface area contributed by atoms with Crippen molar-refractivity contribution in [3.05, 3.63) is 0 Å². The minimum atomic E-state index is -0.746. The van der Waals surface area contributed by atoms with Gasteiger partial charge in [-0.25, -0.2) is 4.79 Å². The van der Waals surface area contributed by atoms with Gasteiger partial charge in [-0.2, -0.15) is 0 Å². The lowest BCUT2D eigenvalue weighted by Gasteiger charge is -2.21. The monoisotopic (exact) mass is 212 g/mol. The number of amides is 1. The summed E-state index contributed by atoms with van der Waals surface area (Å²) in [6, 6.07) is 0. The first-order valence-electron chi connectivity index (χ1n) is 5.87. The van der Waals surface area contributed by atoms with Gasteiger partial charge in [0, 0.05) is 19.6 Å². The lowest BCUT2D eigenvalue weighted by Crippen LogP contribution is -2.33. The van der Waals surface area contributed by atoms with Crippen LogP contribution >= 0.6 is 0 Å². The molecule has 86 valence electrons. The molecule has 4 heteroatoms. The molecule has 0 spiro atoms. The van der Waals surface area contributed by atoms with Gasteiger partial charge in [0.15, 0.2) is 0 Å². The largest absolute Gasteiger partial charge is 0.465 e. The Labute approximate surface area is 90.9 Å². The predicted molar refractivity (Wildman–Crippen MR) is 57.9 cm³/mol. The highest BCUT2D eigenvalue weighted by molar-refractivity contribution is 5.65. The average molecular weight is 212 g/mol. The van der Waals surface area contributed by atoms with Crippen LogP contribution in [0.5, 0.6) is 0 Å². The maximum absolute atomic E-state index is 10.7. The number of hydrogen-bond donors (Lipinski definition) is 1. The summed E-state index contributed by atoms with van der Waals surface area (Å²) in [5.41, 5.74) is 0. The maximum Gasteiger partial charge on any atom is 0.407 e. The van der Waals surface area contributed by atoms with Gasteiger partial charge in [-0.1, -0.05) is 13.8 Å². The van der Waals surface area contributed by atoms with Gasteiger partial charge in [0.2, 0.25) is 0 Å². The van der Waals surface area contributed by atoms with Crippen LogP contribution in [0.15, 0.2) is 0 Å². The number of rotatable bonds is 4. The van der Waals surface area contributed by atoms with Crippen molar-refractivity contribution in [3.8, 4) is 0 Å². The molecular weight excluding hydrogens is 192 g/mol. The van der Waals surface area contributed by atoms with E-state index < -0.39 is 6.09 Å². The van der Waals surface area contributed by atoms with Crippen LogP contribution in [0.1, 0.15) is 13.8 Å². The van der Waals surface area contributed by atoms with Crippen LogP contribution in [0.25, 0.3) is 0 Å². The van der Waals surface area contributed by atoms with Crippen LogP contribution in [0.4, 0.5) is 4.79 Å². The maximum atomic E-state index is 10.7. The van der Waals surface area contributed by atoms with Crippen molar-refractivity contribution < 1.29 is 9.90 Å². The molecule has 1 amide bonds. The smallest absolute Gasteiger partial charge is 0.407 e. The zero-order chi connectivity index (χ0) is 11.0. The molecule has 15 heavy (non-hydrogen) atoms. The van der Waals surface area contributed by atoms with Crippen molar-refractivity contribution in [1.29, 1.82) is 0 Å². The zero-order valence-corrected chi connectivity index (χ0v) is 9.52. The highest BCUT2D eigenvalue weighted by Crippen LogP contribution is 2.51. The second-order valence-corrected chi connectivity index (χ2v) is 4.66. The highest BCUT2D eigenvalue weighted by Gasteiger charge is 2.56. The Morgan fingerprint density at radius 3 is 2.27 bits per heavy atom. The lowest BCUT2D eigenvalue weighted by atomic mass is 10.2. The number of likely N-dealkylation sites (tertiary alicyclic amines) is 1. The van der Waals surface area contributed by atoms with Gasteiger partial charge >= 0.3 is 6.09 Å². The molecule has 3 atom stereocenters. The van der Waals surface area contributed by atoms with Gasteiger partial charge in [-0.05, 0) is 30.8 Å². The van der Waals surface area contributed by atoms with Gasteiger partial charge in [0.05, 0.1) is 0 Å². The summed E-state index contributed by atoms with van der Waals surface area (Å²) < 4.78 is 0. The second-order valence-electron chi connectivity index (χ2n) is 4.66. The predicted octanol–water partition coefficient (Wildman–Crippen LogP) is 1.18. The van der Waals surface area contributed by atoms with E-state index in [-0.39, 0.29) is 0 Å². The summed E-state index contributed by atoms with van der Waals surface area (Å²) in [6.07, 6.45) is -0.746. The molecule has 1 N–H and O–H groups in total. The summed E-state index contributed by atoms with van der Waals surface area (Å²) in [7, 11) is 0. The molecule has 0 bridgehead atoms. The molecule has 0 aromatic carbocycles. The summed E-state index contributed by atoms with van der Waals surface area (Å²) in [6.45, 7) is 9.29. The standard InChI is InChI=1S/C11H20N2O2/c1-3-12(4-2)5-8-9-6-13(11(14)15)7-10(8)9/h8-10H,3-7H2,1-2H3,(H,14,15)/t8-,9+,10-. The van der Waals surface area contributed by atoms with E-state index in [1.54, 1.807) is 4.90 Å². The van der Waals surface area contributed by atoms with Gasteiger partial charge in [0.1, 0.15) is 0 Å². The molecule has 2 rings (SSSR count). The molecule has 0 radical (unpaired) electrons. The number of piperidine rings is 1. The second kappa shape index (κ2) is 4.00. The number of carboxylic acid groups (broad SMARTS) is 1. The number of carbonyl (C=O) groups is 1. The topological polar surface area (TPSA) is 43.8 Å². The van der Waals surface area contributed by atoms with Gasteiger partial charge in [0.25, 0.3) is 0 Å². The summed E-state index contributed by atoms with van der Waals surface area (Å²) in [5, 5.41) is 8.83. The normalized spacial score (nSPS) is 33.3. The van der Waals surface area contributed by atoms with Gasteiger partial charge in [-0.15, -0.1) is 0 Å². The molecule has 0 unspecified atom stereocenters. The van der Waals surface area contributed by atoms with E-state index in [9.17, 15) is 4.79 Å². The molecule has 4 nitrogen and oxygen atoms in total. The number of fused-ring (bicyclic) bond motifs is 1. The van der Waals surface area contributed by atoms with Crippen molar-refractivity contribution in [3.63, 3.8) is 0 Å². The van der Waals surface area contributed by atoms with Crippen molar-refractivity contribution in [2.75, 3.05) is 32.7 Å². The van der Waals surface area contributed by atoms with E-state index in [0.29, 0.717) is 11.8 Å². The summed E-state index contributed by atoms with van der Waals surface area (Å²) >= 11 is 0. The van der Waals surface area contributed by atoms with E-state index >= 15 is 0 Å². The molecule has 1 saturated heterocycles. The van der Waals surface area contributed by atoms with E-state index in [0.717, 1.165) is 38.6 Å². The Balaban J connectivity index is 1.77. The third-order valence-electron chi connectivity index (χ3n) is 4.01. The molecule has 0 aromatic heterocycles. The molecule has 2 fully saturated rings. The fourth-order valence-corrected chi connectivity index (χ4v) is 2.86. The minimum absolute atomic E-state index is 0.654. The van der Waals surface area contributed by atoms with E-state index in [4.69, 9.17) is 5.11 Å². The van der Waals surface area contributed by atoms with E-state index in [2.05, 4.69) is 18.7 Å². The van der Waals surface area contributed by atoms with Crippen LogP contribution in [-0.4, -0.2) is 53.7 Å². The molecule has 1 aliphatic heterocycles. The van der Waals surface area contributed by atoms with Crippen molar-refractivity contribution >= 4 is 6.09 Å². The van der Waals surface area contributed by atoms with Crippen LogP contribution in [0.3, 0.4) is 0 Å². The Kier molecular flexibility index (Phi) is 2.87.